The lowest BCUT2D eigenvalue weighted by molar-refractivity contribution is 0.180. The van der Waals surface area contributed by atoms with E-state index in [0.29, 0.717) is 35.4 Å². The molecule has 170 valence electrons. The van der Waals surface area contributed by atoms with E-state index in [-0.39, 0.29) is 17.4 Å². The standard InChI is InChI=1S/C23H31N7O2/c1-28-18(29-9-3-4-15(29)12-32-2)10-17(27-28)16-11-30(21(13-5-6-13)14-7-8-14)23(31)19-20(16)25-26-22(19)24/h10-11,13-15,21H,3-9,12H2,1-2H3,(H3,24,25,26). The third-order valence-electron chi connectivity index (χ3n) is 7.47. The van der Waals surface area contributed by atoms with Gasteiger partial charge >= 0.3 is 0 Å². The summed E-state index contributed by atoms with van der Waals surface area (Å²) in [5.41, 5.74) is 8.52. The van der Waals surface area contributed by atoms with E-state index in [1.54, 1.807) is 7.11 Å². The molecule has 0 spiro atoms. The molecule has 0 radical (unpaired) electrons. The van der Waals surface area contributed by atoms with Crippen molar-refractivity contribution in [1.29, 1.82) is 0 Å². The Balaban J connectivity index is 1.48. The van der Waals surface area contributed by atoms with Gasteiger partial charge in [0.15, 0.2) is 5.82 Å². The molecule has 3 aromatic heterocycles. The topological polar surface area (TPSA) is 107 Å². The first kappa shape index (κ1) is 19.8. The fraction of sp³-hybridized carbons (Fsp3) is 0.609. The number of nitrogens with zero attached hydrogens (tertiary/aromatic N) is 5. The highest BCUT2D eigenvalue weighted by molar-refractivity contribution is 5.97. The number of aryl methyl sites for hydroxylation is 1. The van der Waals surface area contributed by atoms with Crippen LogP contribution in [0.3, 0.4) is 0 Å². The summed E-state index contributed by atoms with van der Waals surface area (Å²) in [5, 5.41) is 12.5. The third kappa shape index (κ3) is 3.13. The third-order valence-corrected chi connectivity index (χ3v) is 7.47. The Labute approximate surface area is 186 Å². The molecule has 1 saturated heterocycles. The van der Waals surface area contributed by atoms with Crippen LogP contribution in [0.15, 0.2) is 17.1 Å². The first-order chi connectivity index (χ1) is 15.6. The molecule has 0 amide bonds. The minimum Gasteiger partial charge on any atom is -0.383 e. The highest BCUT2D eigenvalue weighted by Gasteiger charge is 2.43. The van der Waals surface area contributed by atoms with Crippen molar-refractivity contribution in [3.8, 4) is 11.3 Å². The summed E-state index contributed by atoms with van der Waals surface area (Å²) >= 11 is 0. The van der Waals surface area contributed by atoms with Crippen LogP contribution in [0.1, 0.15) is 44.6 Å². The molecule has 1 unspecified atom stereocenters. The largest absolute Gasteiger partial charge is 0.383 e. The van der Waals surface area contributed by atoms with E-state index >= 15 is 0 Å². The fourth-order valence-electron chi connectivity index (χ4n) is 5.65. The number of aromatic nitrogens is 5. The number of anilines is 2. The van der Waals surface area contributed by atoms with Gasteiger partial charge in [0, 0.05) is 44.6 Å². The lowest BCUT2D eigenvalue weighted by atomic mass is 10.0. The second kappa shape index (κ2) is 7.37. The molecule has 3 aliphatic rings. The second-order valence-corrected chi connectivity index (χ2v) is 9.74. The van der Waals surface area contributed by atoms with E-state index in [1.807, 2.05) is 22.5 Å². The van der Waals surface area contributed by atoms with Gasteiger partial charge in [-0.1, -0.05) is 0 Å². The summed E-state index contributed by atoms with van der Waals surface area (Å²) in [6.07, 6.45) is 9.07. The maximum atomic E-state index is 13.5. The van der Waals surface area contributed by atoms with E-state index in [1.165, 1.54) is 25.7 Å². The Morgan fingerprint density at radius 3 is 2.69 bits per heavy atom. The molecule has 9 heteroatoms. The maximum absolute atomic E-state index is 13.5. The van der Waals surface area contributed by atoms with Crippen LogP contribution in [-0.2, 0) is 11.8 Å². The van der Waals surface area contributed by atoms with Crippen LogP contribution >= 0.6 is 0 Å². The fourth-order valence-corrected chi connectivity index (χ4v) is 5.65. The number of hydrogen-bond donors (Lipinski definition) is 2. The number of H-pyrrole nitrogens is 1. The van der Waals surface area contributed by atoms with Crippen molar-refractivity contribution >= 4 is 22.5 Å². The van der Waals surface area contributed by atoms with Gasteiger partial charge in [0.1, 0.15) is 11.2 Å². The average molecular weight is 438 g/mol. The highest BCUT2D eigenvalue weighted by Crippen LogP contribution is 2.52. The number of fused-ring (bicyclic) bond motifs is 1. The van der Waals surface area contributed by atoms with E-state index in [9.17, 15) is 4.79 Å². The molecular formula is C23H31N7O2. The Hall–Kier alpha value is -2.81. The van der Waals surface area contributed by atoms with Gasteiger partial charge in [-0.2, -0.15) is 10.2 Å². The number of nitrogens with one attached hydrogen (secondary N) is 1. The number of pyridine rings is 1. The van der Waals surface area contributed by atoms with Crippen molar-refractivity contribution < 1.29 is 4.74 Å². The molecule has 6 rings (SSSR count). The van der Waals surface area contributed by atoms with Crippen LogP contribution in [0.25, 0.3) is 22.2 Å². The zero-order valence-corrected chi connectivity index (χ0v) is 18.8. The average Bonchev–Trinajstić information content (AvgIpc) is 3.67. The molecule has 3 aromatic rings. The molecule has 0 aromatic carbocycles. The van der Waals surface area contributed by atoms with Crippen LogP contribution in [0.4, 0.5) is 11.6 Å². The van der Waals surface area contributed by atoms with Crippen molar-refractivity contribution in [2.45, 2.75) is 50.6 Å². The van der Waals surface area contributed by atoms with Crippen molar-refractivity contribution in [3.05, 3.63) is 22.6 Å². The van der Waals surface area contributed by atoms with Gasteiger partial charge in [0.2, 0.25) is 0 Å². The molecule has 2 saturated carbocycles. The predicted molar refractivity (Wildman–Crippen MR) is 124 cm³/mol. The molecule has 2 aliphatic carbocycles. The number of nitrogen functional groups attached to an aromatic ring is 1. The van der Waals surface area contributed by atoms with Crippen LogP contribution in [0, 0.1) is 11.8 Å². The summed E-state index contributed by atoms with van der Waals surface area (Å²) in [4.78, 5) is 15.9. The summed E-state index contributed by atoms with van der Waals surface area (Å²) in [6, 6.07) is 2.74. The van der Waals surface area contributed by atoms with Crippen LogP contribution in [0.5, 0.6) is 0 Å². The van der Waals surface area contributed by atoms with E-state index in [0.717, 1.165) is 36.5 Å². The maximum Gasteiger partial charge on any atom is 0.264 e. The first-order valence-corrected chi connectivity index (χ1v) is 11.8. The number of ether oxygens (including phenoxy) is 1. The second-order valence-electron chi connectivity index (χ2n) is 9.74. The lowest BCUT2D eigenvalue weighted by Crippen LogP contribution is -2.34. The van der Waals surface area contributed by atoms with E-state index in [4.69, 9.17) is 15.6 Å². The molecule has 1 atom stereocenters. The molecule has 3 N–H and O–H groups in total. The molecule has 9 nitrogen and oxygen atoms in total. The van der Waals surface area contributed by atoms with Crippen LogP contribution < -0.4 is 16.2 Å². The quantitative estimate of drug-likeness (QED) is 0.589. The Morgan fingerprint density at radius 2 is 2.00 bits per heavy atom. The molecule has 32 heavy (non-hydrogen) atoms. The van der Waals surface area contributed by atoms with Crippen molar-refractivity contribution in [2.75, 3.05) is 30.9 Å². The van der Waals surface area contributed by atoms with Gasteiger partial charge in [0.25, 0.3) is 5.56 Å². The van der Waals surface area contributed by atoms with Crippen molar-refractivity contribution in [1.82, 2.24) is 24.5 Å². The predicted octanol–water partition coefficient (Wildman–Crippen LogP) is 2.68. The van der Waals surface area contributed by atoms with Gasteiger partial charge < -0.3 is 19.9 Å². The smallest absolute Gasteiger partial charge is 0.264 e. The SMILES string of the molecule is COCC1CCCN1c1cc(-c2cn(C(C3CC3)C3CC3)c(=O)c3c(N)n[nH]c23)nn1C. The summed E-state index contributed by atoms with van der Waals surface area (Å²) in [6.45, 7) is 1.70. The van der Waals surface area contributed by atoms with Gasteiger partial charge in [-0.3, -0.25) is 14.6 Å². The van der Waals surface area contributed by atoms with Crippen molar-refractivity contribution in [2.24, 2.45) is 18.9 Å². The number of rotatable bonds is 7. The zero-order chi connectivity index (χ0) is 22.0. The molecule has 3 fully saturated rings. The Morgan fingerprint density at radius 1 is 1.25 bits per heavy atom. The van der Waals surface area contributed by atoms with Crippen molar-refractivity contribution in [3.63, 3.8) is 0 Å². The highest BCUT2D eigenvalue weighted by atomic mass is 16.5. The number of aromatic amines is 1. The van der Waals surface area contributed by atoms with E-state index < -0.39 is 0 Å². The first-order valence-electron chi connectivity index (χ1n) is 11.8. The summed E-state index contributed by atoms with van der Waals surface area (Å²) < 4.78 is 9.33. The summed E-state index contributed by atoms with van der Waals surface area (Å²) in [5.74, 6) is 2.52. The van der Waals surface area contributed by atoms with Gasteiger partial charge in [0.05, 0.1) is 23.9 Å². The van der Waals surface area contributed by atoms with Gasteiger partial charge in [-0.05, 0) is 50.4 Å². The number of nitrogens with two attached hydrogens (primary N) is 1. The Bertz CT molecular complexity index is 1210. The van der Waals surface area contributed by atoms with Gasteiger partial charge in [-0.15, -0.1) is 0 Å². The molecule has 1 aliphatic heterocycles. The zero-order valence-electron chi connectivity index (χ0n) is 18.8. The Kier molecular flexibility index (Phi) is 4.57. The van der Waals surface area contributed by atoms with E-state index in [2.05, 4.69) is 21.2 Å². The minimum atomic E-state index is -0.0327. The number of methoxy groups -OCH3 is 1. The molecule has 4 heterocycles. The van der Waals surface area contributed by atoms with Crippen LogP contribution in [0.2, 0.25) is 0 Å². The number of hydrogen-bond acceptors (Lipinski definition) is 6. The monoisotopic (exact) mass is 437 g/mol. The lowest BCUT2D eigenvalue weighted by Gasteiger charge is -2.25. The minimum absolute atomic E-state index is 0.0327. The van der Waals surface area contributed by atoms with Crippen LogP contribution in [-0.4, -0.2) is 50.8 Å². The summed E-state index contributed by atoms with van der Waals surface area (Å²) in [7, 11) is 3.73. The molecule has 0 bridgehead atoms. The normalized spacial score (nSPS) is 21.3. The molecular weight excluding hydrogens is 406 g/mol. The van der Waals surface area contributed by atoms with Gasteiger partial charge in [-0.25, -0.2) is 0 Å².